The molecule has 1 heterocycles. The van der Waals surface area contributed by atoms with Crippen molar-refractivity contribution in [1.29, 1.82) is 0 Å². The molecule has 128 valence electrons. The van der Waals surface area contributed by atoms with Crippen molar-refractivity contribution in [1.82, 2.24) is 25.5 Å². The number of carbonyl (C=O) groups excluding carboxylic acids is 1. The first-order valence-electron chi connectivity index (χ1n) is 8.59. The Labute approximate surface area is 146 Å². The van der Waals surface area contributed by atoms with Crippen molar-refractivity contribution in [2.45, 2.75) is 56.1 Å². The quantitative estimate of drug-likeness (QED) is 0.844. The first-order chi connectivity index (χ1) is 11.8. The van der Waals surface area contributed by atoms with E-state index in [4.69, 9.17) is 0 Å². The Morgan fingerprint density at radius 2 is 1.83 bits per heavy atom. The second-order valence-electron chi connectivity index (χ2n) is 6.11. The molecule has 0 unspecified atom stereocenters. The van der Waals surface area contributed by atoms with Crippen LogP contribution in [0.3, 0.4) is 0 Å². The number of aromatic nitrogens is 4. The molecule has 1 fully saturated rings. The molecule has 1 aromatic heterocycles. The molecule has 1 saturated carbocycles. The number of carbonyl (C=O) groups is 1. The molecule has 6 nitrogen and oxygen atoms in total. The summed E-state index contributed by atoms with van der Waals surface area (Å²) in [5.74, 6) is 0.400. The fraction of sp³-hybridized carbons (Fsp3) is 0.529. The maximum atomic E-state index is 12.2. The van der Waals surface area contributed by atoms with Crippen LogP contribution in [0.4, 0.5) is 0 Å². The van der Waals surface area contributed by atoms with E-state index in [0.717, 1.165) is 18.5 Å². The second kappa shape index (κ2) is 8.82. The molecule has 1 aliphatic carbocycles. The molecule has 24 heavy (non-hydrogen) atoms. The van der Waals surface area contributed by atoms with Crippen molar-refractivity contribution in [3.05, 3.63) is 30.3 Å². The number of para-hydroxylation sites is 1. The molecule has 0 spiro atoms. The highest BCUT2D eigenvalue weighted by Gasteiger charge is 2.16. The lowest BCUT2D eigenvalue weighted by Crippen LogP contribution is -2.36. The predicted molar refractivity (Wildman–Crippen MR) is 94.1 cm³/mol. The number of tetrazole rings is 1. The van der Waals surface area contributed by atoms with Crippen LogP contribution in [0.5, 0.6) is 0 Å². The summed E-state index contributed by atoms with van der Waals surface area (Å²) in [6.45, 7) is 0. The Balaban J connectivity index is 1.52. The molecule has 0 aliphatic heterocycles. The molecule has 1 aromatic carbocycles. The molecule has 1 aliphatic rings. The molecule has 3 rings (SSSR count). The zero-order valence-corrected chi connectivity index (χ0v) is 14.5. The number of hydrogen-bond donors (Lipinski definition) is 1. The van der Waals surface area contributed by atoms with E-state index in [1.165, 1.54) is 43.9 Å². The number of nitrogens with one attached hydrogen (secondary N) is 1. The van der Waals surface area contributed by atoms with Crippen LogP contribution < -0.4 is 5.32 Å². The van der Waals surface area contributed by atoms with Gasteiger partial charge in [-0.3, -0.25) is 4.79 Å². The van der Waals surface area contributed by atoms with Crippen LogP contribution in [0.25, 0.3) is 5.69 Å². The summed E-state index contributed by atoms with van der Waals surface area (Å²) >= 11 is 1.37. The van der Waals surface area contributed by atoms with Gasteiger partial charge in [0.1, 0.15) is 0 Å². The second-order valence-corrected chi connectivity index (χ2v) is 7.05. The molecule has 7 heteroatoms. The number of nitrogens with zero attached hydrogens (tertiary/aromatic N) is 4. The highest BCUT2D eigenvalue weighted by atomic mass is 32.2. The molecular formula is C17H23N5OS. The molecule has 0 atom stereocenters. The third-order valence-corrected chi connectivity index (χ3v) is 5.16. The van der Waals surface area contributed by atoms with Crippen molar-refractivity contribution < 1.29 is 4.79 Å². The Kier molecular flexibility index (Phi) is 6.23. The van der Waals surface area contributed by atoms with Crippen LogP contribution in [0.1, 0.15) is 44.9 Å². The van der Waals surface area contributed by atoms with Gasteiger partial charge in [0.05, 0.1) is 11.4 Å². The van der Waals surface area contributed by atoms with E-state index in [0.29, 0.717) is 17.0 Å². The number of hydrogen-bond acceptors (Lipinski definition) is 5. The Hall–Kier alpha value is -1.89. The van der Waals surface area contributed by atoms with E-state index in [1.54, 1.807) is 4.68 Å². The molecule has 1 N–H and O–H groups in total. The van der Waals surface area contributed by atoms with E-state index in [1.807, 2.05) is 30.3 Å². The Morgan fingerprint density at radius 1 is 1.12 bits per heavy atom. The lowest BCUT2D eigenvalue weighted by Gasteiger charge is -2.20. The number of benzene rings is 1. The standard InChI is InChI=1S/C17H23N5OS/c23-16(18-14-9-5-2-1-3-6-10-14)13-24-17-19-20-21-22(17)15-11-7-4-8-12-15/h4,7-8,11-12,14H,1-3,5-6,9-10,13H2,(H,18,23). The van der Waals surface area contributed by atoms with Gasteiger partial charge in [-0.05, 0) is 35.4 Å². The first kappa shape index (κ1) is 17.0. The highest BCUT2D eigenvalue weighted by molar-refractivity contribution is 7.99. The van der Waals surface area contributed by atoms with Gasteiger partial charge in [0, 0.05) is 6.04 Å². The Morgan fingerprint density at radius 3 is 2.58 bits per heavy atom. The normalized spacial score (nSPS) is 16.3. The average Bonchev–Trinajstić information content (AvgIpc) is 3.05. The summed E-state index contributed by atoms with van der Waals surface area (Å²) in [5.41, 5.74) is 0.894. The van der Waals surface area contributed by atoms with Gasteiger partial charge in [-0.15, -0.1) is 5.10 Å². The summed E-state index contributed by atoms with van der Waals surface area (Å²) < 4.78 is 1.66. The van der Waals surface area contributed by atoms with Gasteiger partial charge < -0.3 is 5.32 Å². The third-order valence-electron chi connectivity index (χ3n) is 4.24. The SMILES string of the molecule is O=C(CSc1nnnn1-c1ccccc1)NC1CCCCCCC1. The molecule has 1 amide bonds. The number of thioether (sulfide) groups is 1. The Bertz CT molecular complexity index is 637. The van der Waals surface area contributed by atoms with Crippen LogP contribution in [0, 0.1) is 0 Å². The lowest BCUT2D eigenvalue weighted by atomic mass is 9.97. The van der Waals surface area contributed by atoms with Gasteiger partial charge in [0.25, 0.3) is 0 Å². The smallest absolute Gasteiger partial charge is 0.230 e. The largest absolute Gasteiger partial charge is 0.353 e. The van der Waals surface area contributed by atoms with E-state index in [-0.39, 0.29) is 5.91 Å². The van der Waals surface area contributed by atoms with Crippen LogP contribution in [-0.4, -0.2) is 37.9 Å². The topological polar surface area (TPSA) is 72.7 Å². The molecule has 0 radical (unpaired) electrons. The van der Waals surface area contributed by atoms with Crippen molar-refractivity contribution in [2.24, 2.45) is 0 Å². The number of amides is 1. The van der Waals surface area contributed by atoms with Crippen LogP contribution in [-0.2, 0) is 4.79 Å². The molecule has 0 bridgehead atoms. The minimum absolute atomic E-state index is 0.0631. The van der Waals surface area contributed by atoms with Crippen molar-refractivity contribution in [3.8, 4) is 5.69 Å². The summed E-state index contributed by atoms with van der Waals surface area (Å²) in [6.07, 6.45) is 8.52. The maximum Gasteiger partial charge on any atom is 0.230 e. The van der Waals surface area contributed by atoms with Gasteiger partial charge in [0.15, 0.2) is 0 Å². The van der Waals surface area contributed by atoms with Crippen molar-refractivity contribution in [2.75, 3.05) is 5.75 Å². The van der Waals surface area contributed by atoms with Crippen molar-refractivity contribution >= 4 is 17.7 Å². The summed E-state index contributed by atoms with van der Waals surface area (Å²) in [4.78, 5) is 12.2. The maximum absolute atomic E-state index is 12.2. The van der Waals surface area contributed by atoms with Gasteiger partial charge >= 0.3 is 0 Å². The fourth-order valence-corrected chi connectivity index (χ4v) is 3.70. The zero-order chi connectivity index (χ0) is 16.6. The lowest BCUT2D eigenvalue weighted by molar-refractivity contribution is -0.119. The van der Waals surface area contributed by atoms with E-state index in [9.17, 15) is 4.79 Å². The summed E-state index contributed by atoms with van der Waals surface area (Å²) in [6, 6.07) is 10.0. The van der Waals surface area contributed by atoms with E-state index < -0.39 is 0 Å². The fourth-order valence-electron chi connectivity index (χ4n) is 3.00. The zero-order valence-electron chi connectivity index (χ0n) is 13.7. The van der Waals surface area contributed by atoms with Gasteiger partial charge in [0.2, 0.25) is 11.1 Å². The summed E-state index contributed by atoms with van der Waals surface area (Å²) in [7, 11) is 0. The van der Waals surface area contributed by atoms with Gasteiger partial charge in [-0.2, -0.15) is 4.68 Å². The molecule has 0 saturated heterocycles. The number of rotatable bonds is 5. The minimum atomic E-state index is 0.0631. The monoisotopic (exact) mass is 345 g/mol. The van der Waals surface area contributed by atoms with Crippen LogP contribution in [0.2, 0.25) is 0 Å². The predicted octanol–water partition coefficient (Wildman–Crippen LogP) is 2.98. The van der Waals surface area contributed by atoms with Crippen LogP contribution in [0.15, 0.2) is 35.5 Å². The third kappa shape index (κ3) is 4.80. The molecule has 2 aromatic rings. The van der Waals surface area contributed by atoms with Gasteiger partial charge in [-0.25, -0.2) is 0 Å². The van der Waals surface area contributed by atoms with Crippen molar-refractivity contribution in [3.63, 3.8) is 0 Å². The minimum Gasteiger partial charge on any atom is -0.353 e. The van der Waals surface area contributed by atoms with E-state index in [2.05, 4.69) is 20.8 Å². The first-order valence-corrected chi connectivity index (χ1v) is 9.57. The molecular weight excluding hydrogens is 322 g/mol. The van der Waals surface area contributed by atoms with Gasteiger partial charge in [-0.1, -0.05) is 62.1 Å². The van der Waals surface area contributed by atoms with Crippen LogP contribution >= 0.6 is 11.8 Å². The average molecular weight is 345 g/mol. The highest BCUT2D eigenvalue weighted by Crippen LogP contribution is 2.19. The summed E-state index contributed by atoms with van der Waals surface area (Å²) in [5, 5.41) is 15.6. The van der Waals surface area contributed by atoms with E-state index >= 15 is 0 Å².